The molecular formula is C11H12N4O2S. The number of aromatic nitrogens is 1. The molecule has 1 aromatic carbocycles. The quantitative estimate of drug-likeness (QED) is 0.502. The Morgan fingerprint density at radius 3 is 2.89 bits per heavy atom. The maximum atomic E-state index is 10.6. The van der Waals surface area contributed by atoms with Crippen LogP contribution in [-0.4, -0.2) is 9.91 Å². The molecule has 6 nitrogen and oxygen atoms in total. The van der Waals surface area contributed by atoms with Crippen molar-refractivity contribution in [1.29, 1.82) is 0 Å². The summed E-state index contributed by atoms with van der Waals surface area (Å²) in [5.41, 5.74) is 6.44. The fraction of sp³-hybridized carbons (Fsp3) is 0.182. The third-order valence-electron chi connectivity index (χ3n) is 2.36. The van der Waals surface area contributed by atoms with Crippen LogP contribution >= 0.6 is 11.3 Å². The average Bonchev–Trinajstić information content (AvgIpc) is 2.72. The molecule has 0 aliphatic carbocycles. The number of hydrogen-bond acceptors (Lipinski definition) is 6. The number of nitro groups is 1. The highest BCUT2D eigenvalue weighted by molar-refractivity contribution is 7.11. The Morgan fingerprint density at radius 2 is 2.33 bits per heavy atom. The molecule has 0 fully saturated rings. The molecule has 0 saturated heterocycles. The molecule has 1 heterocycles. The van der Waals surface area contributed by atoms with Crippen molar-refractivity contribution in [3.63, 3.8) is 0 Å². The summed E-state index contributed by atoms with van der Waals surface area (Å²) in [6.45, 7) is 2.57. The van der Waals surface area contributed by atoms with Gasteiger partial charge in [-0.2, -0.15) is 0 Å². The van der Waals surface area contributed by atoms with Gasteiger partial charge in [0.15, 0.2) is 0 Å². The lowest BCUT2D eigenvalue weighted by Gasteiger charge is -2.05. The largest absolute Gasteiger partial charge is 0.393 e. The standard InChI is InChI=1S/C11H12N4O2S/c1-7-13-5-9(18-7)6-14-8-2-3-11(15(16)17)10(12)4-8/h2-5,14H,6,12H2,1H3. The minimum absolute atomic E-state index is 0.0748. The molecule has 1 aromatic heterocycles. The van der Waals surface area contributed by atoms with E-state index < -0.39 is 4.92 Å². The predicted octanol–water partition coefficient (Wildman–Crippen LogP) is 2.55. The van der Waals surface area contributed by atoms with Gasteiger partial charge in [0.1, 0.15) is 5.69 Å². The van der Waals surface area contributed by atoms with Crippen molar-refractivity contribution < 1.29 is 4.92 Å². The van der Waals surface area contributed by atoms with E-state index in [0.717, 1.165) is 15.6 Å². The molecule has 3 N–H and O–H groups in total. The van der Waals surface area contributed by atoms with E-state index in [4.69, 9.17) is 5.73 Å². The van der Waals surface area contributed by atoms with Crippen molar-refractivity contribution in [2.24, 2.45) is 0 Å². The maximum absolute atomic E-state index is 10.6. The number of nitro benzene ring substituents is 1. The molecule has 0 saturated carbocycles. The molecule has 0 radical (unpaired) electrons. The number of nitrogens with two attached hydrogens (primary N) is 1. The van der Waals surface area contributed by atoms with E-state index in [0.29, 0.717) is 6.54 Å². The minimum atomic E-state index is -0.494. The van der Waals surface area contributed by atoms with Crippen LogP contribution in [0.1, 0.15) is 9.88 Å². The Bertz CT molecular complexity index is 582. The SMILES string of the molecule is Cc1ncc(CNc2ccc([N+](=O)[O-])c(N)c2)s1. The second-order valence-electron chi connectivity index (χ2n) is 3.73. The molecule has 2 rings (SSSR count). The van der Waals surface area contributed by atoms with Crippen LogP contribution in [-0.2, 0) is 6.54 Å². The first-order valence-electron chi connectivity index (χ1n) is 5.25. The van der Waals surface area contributed by atoms with Crippen LogP contribution in [0.4, 0.5) is 17.1 Å². The van der Waals surface area contributed by atoms with Gasteiger partial charge in [-0.25, -0.2) is 4.98 Å². The van der Waals surface area contributed by atoms with Gasteiger partial charge in [0, 0.05) is 22.8 Å². The lowest BCUT2D eigenvalue weighted by Crippen LogP contribution is -2.00. The van der Waals surface area contributed by atoms with Crippen molar-refractivity contribution in [1.82, 2.24) is 4.98 Å². The molecule has 94 valence electrons. The highest BCUT2D eigenvalue weighted by Crippen LogP contribution is 2.25. The smallest absolute Gasteiger partial charge is 0.292 e. The van der Waals surface area contributed by atoms with Crippen LogP contribution in [0.25, 0.3) is 0 Å². The molecule has 0 unspecified atom stereocenters. The first-order valence-corrected chi connectivity index (χ1v) is 6.07. The first kappa shape index (κ1) is 12.3. The molecule has 7 heteroatoms. The Hall–Kier alpha value is -2.15. The average molecular weight is 264 g/mol. The number of aryl methyl sites for hydroxylation is 1. The third kappa shape index (κ3) is 2.75. The molecule has 0 aliphatic rings. The van der Waals surface area contributed by atoms with Gasteiger partial charge in [0.25, 0.3) is 5.69 Å². The van der Waals surface area contributed by atoms with E-state index in [1.54, 1.807) is 23.5 Å². The summed E-state index contributed by atoms with van der Waals surface area (Å²) < 4.78 is 0. The van der Waals surface area contributed by atoms with Crippen molar-refractivity contribution in [3.8, 4) is 0 Å². The van der Waals surface area contributed by atoms with E-state index in [1.165, 1.54) is 6.07 Å². The van der Waals surface area contributed by atoms with Gasteiger partial charge in [-0.1, -0.05) is 0 Å². The van der Waals surface area contributed by atoms with Crippen molar-refractivity contribution in [3.05, 3.63) is 44.4 Å². The van der Waals surface area contributed by atoms with Crippen molar-refractivity contribution >= 4 is 28.4 Å². The summed E-state index contributed by atoms with van der Waals surface area (Å²) in [5, 5.41) is 14.8. The van der Waals surface area contributed by atoms with Crippen LogP contribution in [0, 0.1) is 17.0 Å². The number of rotatable bonds is 4. The number of nitrogens with one attached hydrogen (secondary N) is 1. The summed E-state index contributed by atoms with van der Waals surface area (Å²) in [5.74, 6) is 0. The fourth-order valence-electron chi connectivity index (χ4n) is 1.51. The number of hydrogen-bond donors (Lipinski definition) is 2. The number of nitrogen functional groups attached to an aromatic ring is 1. The summed E-state index contributed by atoms with van der Waals surface area (Å²) in [4.78, 5) is 15.4. The molecule has 18 heavy (non-hydrogen) atoms. The first-order chi connectivity index (χ1) is 8.56. The molecule has 0 bridgehead atoms. The van der Waals surface area contributed by atoms with Gasteiger partial charge in [0.05, 0.1) is 16.5 Å². The van der Waals surface area contributed by atoms with Gasteiger partial charge < -0.3 is 11.1 Å². The number of benzene rings is 1. The normalized spacial score (nSPS) is 10.3. The van der Waals surface area contributed by atoms with E-state index in [2.05, 4.69) is 10.3 Å². The fourth-order valence-corrected chi connectivity index (χ4v) is 2.24. The second kappa shape index (κ2) is 5.01. The Morgan fingerprint density at radius 1 is 1.56 bits per heavy atom. The minimum Gasteiger partial charge on any atom is -0.393 e. The zero-order valence-corrected chi connectivity index (χ0v) is 10.5. The van der Waals surface area contributed by atoms with E-state index >= 15 is 0 Å². The third-order valence-corrected chi connectivity index (χ3v) is 3.27. The molecule has 0 spiro atoms. The molecule has 0 aliphatic heterocycles. The van der Waals surface area contributed by atoms with Crippen LogP contribution in [0.2, 0.25) is 0 Å². The predicted molar refractivity (Wildman–Crippen MR) is 71.7 cm³/mol. The van der Waals surface area contributed by atoms with Gasteiger partial charge in [-0.05, 0) is 19.1 Å². The molecule has 0 amide bonds. The van der Waals surface area contributed by atoms with Crippen molar-refractivity contribution in [2.45, 2.75) is 13.5 Å². The zero-order chi connectivity index (χ0) is 13.1. The van der Waals surface area contributed by atoms with Gasteiger partial charge in [-0.15, -0.1) is 11.3 Å². The topological polar surface area (TPSA) is 94.1 Å². The van der Waals surface area contributed by atoms with E-state index in [-0.39, 0.29) is 11.4 Å². The number of anilines is 2. The Balaban J connectivity index is 2.06. The van der Waals surface area contributed by atoms with Crippen LogP contribution < -0.4 is 11.1 Å². The summed E-state index contributed by atoms with van der Waals surface area (Å²) in [6.07, 6.45) is 1.81. The van der Waals surface area contributed by atoms with Crippen LogP contribution in [0.15, 0.2) is 24.4 Å². The monoisotopic (exact) mass is 264 g/mol. The Kier molecular flexibility index (Phi) is 3.42. The van der Waals surface area contributed by atoms with E-state index in [1.807, 2.05) is 13.1 Å². The number of thiazole rings is 1. The van der Waals surface area contributed by atoms with Crippen LogP contribution in [0.3, 0.4) is 0 Å². The van der Waals surface area contributed by atoms with E-state index in [9.17, 15) is 10.1 Å². The molecule has 2 aromatic rings. The molecular weight excluding hydrogens is 252 g/mol. The highest BCUT2D eigenvalue weighted by atomic mass is 32.1. The Labute approximate surface area is 108 Å². The van der Waals surface area contributed by atoms with Gasteiger partial charge in [-0.3, -0.25) is 10.1 Å². The molecule has 0 atom stereocenters. The van der Waals surface area contributed by atoms with Crippen LogP contribution in [0.5, 0.6) is 0 Å². The van der Waals surface area contributed by atoms with Crippen molar-refractivity contribution in [2.75, 3.05) is 11.1 Å². The highest BCUT2D eigenvalue weighted by Gasteiger charge is 2.10. The summed E-state index contributed by atoms with van der Waals surface area (Å²) in [6, 6.07) is 4.60. The maximum Gasteiger partial charge on any atom is 0.292 e. The van der Waals surface area contributed by atoms with Gasteiger partial charge in [0.2, 0.25) is 0 Å². The lowest BCUT2D eigenvalue weighted by molar-refractivity contribution is -0.383. The second-order valence-corrected chi connectivity index (χ2v) is 5.05. The summed E-state index contributed by atoms with van der Waals surface area (Å²) >= 11 is 1.61. The zero-order valence-electron chi connectivity index (χ0n) is 9.71. The lowest BCUT2D eigenvalue weighted by atomic mass is 10.2. The van der Waals surface area contributed by atoms with Gasteiger partial charge >= 0.3 is 0 Å². The summed E-state index contributed by atoms with van der Waals surface area (Å²) in [7, 11) is 0. The number of nitrogens with zero attached hydrogens (tertiary/aromatic N) is 2.